The van der Waals surface area contributed by atoms with Crippen LogP contribution in [0.2, 0.25) is 0 Å². The lowest BCUT2D eigenvalue weighted by molar-refractivity contribution is 0.622. The first-order chi connectivity index (χ1) is 8.15. The summed E-state index contributed by atoms with van der Waals surface area (Å²) >= 11 is 0. The molecular weight excluding hydrogens is 208 g/mol. The summed E-state index contributed by atoms with van der Waals surface area (Å²) in [5, 5.41) is 0. The highest BCUT2D eigenvalue weighted by Crippen LogP contribution is 2.35. The quantitative estimate of drug-likeness (QED) is 0.864. The largest absolute Gasteiger partial charge is 0.366 e. The van der Waals surface area contributed by atoms with Crippen LogP contribution in [0.3, 0.4) is 0 Å². The van der Waals surface area contributed by atoms with Gasteiger partial charge >= 0.3 is 0 Å². The Labute approximate surface area is 105 Å². The van der Waals surface area contributed by atoms with Crippen molar-refractivity contribution >= 4 is 5.69 Å². The second-order valence-electron chi connectivity index (χ2n) is 5.24. The molecule has 2 heteroatoms. The fourth-order valence-electron chi connectivity index (χ4n) is 3.01. The average Bonchev–Trinajstić information content (AvgIpc) is 2.70. The lowest BCUT2D eigenvalue weighted by Crippen LogP contribution is -2.35. The monoisotopic (exact) mass is 232 g/mol. The molecule has 3 unspecified atom stereocenters. The molecule has 1 aliphatic heterocycles. The van der Waals surface area contributed by atoms with Crippen LogP contribution in [0.25, 0.3) is 0 Å². The minimum absolute atomic E-state index is 0.108. The number of hydrogen-bond acceptors (Lipinski definition) is 2. The van der Waals surface area contributed by atoms with Crippen LogP contribution in [0, 0.1) is 0 Å². The summed E-state index contributed by atoms with van der Waals surface area (Å²) in [5.41, 5.74) is 8.71. The number of benzene rings is 1. The first kappa shape index (κ1) is 12.4. The fraction of sp³-hybridized carbons (Fsp3) is 0.600. The molecule has 1 aromatic carbocycles. The van der Waals surface area contributed by atoms with Gasteiger partial charge in [-0.3, -0.25) is 0 Å². The smallest absolute Gasteiger partial charge is 0.0419 e. The first-order valence-electron chi connectivity index (χ1n) is 6.78. The van der Waals surface area contributed by atoms with Crippen LogP contribution < -0.4 is 10.6 Å². The van der Waals surface area contributed by atoms with E-state index in [1.165, 1.54) is 30.5 Å². The van der Waals surface area contributed by atoms with Crippen LogP contribution in [0.15, 0.2) is 24.3 Å². The molecule has 1 heterocycles. The van der Waals surface area contributed by atoms with E-state index in [4.69, 9.17) is 5.73 Å². The molecule has 94 valence electrons. The standard InChI is InChI=1S/C15H24N2/c1-4-13-10-9-11(2)17(13)15-8-6-5-7-14(15)12(3)16/h5-8,11-13H,4,9-10,16H2,1-3H3. The molecule has 17 heavy (non-hydrogen) atoms. The van der Waals surface area contributed by atoms with E-state index in [1.54, 1.807) is 0 Å². The van der Waals surface area contributed by atoms with Crippen LogP contribution in [-0.2, 0) is 0 Å². The van der Waals surface area contributed by atoms with Crippen LogP contribution in [-0.4, -0.2) is 12.1 Å². The van der Waals surface area contributed by atoms with Crippen LogP contribution in [0.4, 0.5) is 5.69 Å². The molecule has 0 aliphatic carbocycles. The van der Waals surface area contributed by atoms with Crippen LogP contribution in [0.1, 0.15) is 51.6 Å². The summed E-state index contributed by atoms with van der Waals surface area (Å²) in [6, 6.07) is 10.0. The number of nitrogens with zero attached hydrogens (tertiary/aromatic N) is 1. The van der Waals surface area contributed by atoms with Crippen LogP contribution in [0.5, 0.6) is 0 Å². The van der Waals surface area contributed by atoms with Crippen molar-refractivity contribution in [3.05, 3.63) is 29.8 Å². The Balaban J connectivity index is 2.38. The van der Waals surface area contributed by atoms with Crippen molar-refractivity contribution in [2.75, 3.05) is 4.90 Å². The van der Waals surface area contributed by atoms with E-state index in [9.17, 15) is 0 Å². The summed E-state index contributed by atoms with van der Waals surface area (Å²) in [6.45, 7) is 6.68. The van der Waals surface area contributed by atoms with Crippen LogP contribution >= 0.6 is 0 Å². The normalized spacial score (nSPS) is 26.2. The Hall–Kier alpha value is -1.02. The number of para-hydroxylation sites is 1. The molecule has 2 N–H and O–H groups in total. The maximum atomic E-state index is 6.09. The molecule has 2 rings (SSSR count). The van der Waals surface area contributed by atoms with E-state index in [2.05, 4.69) is 49.9 Å². The third kappa shape index (κ3) is 2.32. The molecule has 0 radical (unpaired) electrons. The molecule has 1 aromatic rings. The maximum Gasteiger partial charge on any atom is 0.0419 e. The van der Waals surface area contributed by atoms with Gasteiger partial charge in [0.2, 0.25) is 0 Å². The number of anilines is 1. The SMILES string of the molecule is CCC1CCC(C)N1c1ccccc1C(C)N. The van der Waals surface area contributed by atoms with Gasteiger partial charge in [0.1, 0.15) is 0 Å². The summed E-state index contributed by atoms with van der Waals surface area (Å²) in [6.07, 6.45) is 3.83. The van der Waals surface area contributed by atoms with Crippen molar-refractivity contribution < 1.29 is 0 Å². The van der Waals surface area contributed by atoms with Gasteiger partial charge in [0, 0.05) is 23.8 Å². The van der Waals surface area contributed by atoms with Gasteiger partial charge in [-0.05, 0) is 44.7 Å². The van der Waals surface area contributed by atoms with E-state index >= 15 is 0 Å². The predicted octanol–water partition coefficient (Wildman–Crippen LogP) is 3.47. The molecule has 1 saturated heterocycles. The summed E-state index contributed by atoms with van der Waals surface area (Å²) in [5.74, 6) is 0. The zero-order valence-corrected chi connectivity index (χ0v) is 11.2. The van der Waals surface area contributed by atoms with Gasteiger partial charge in [-0.25, -0.2) is 0 Å². The Bertz CT molecular complexity index is 373. The van der Waals surface area contributed by atoms with E-state index < -0.39 is 0 Å². The molecule has 3 atom stereocenters. The average molecular weight is 232 g/mol. The Morgan fingerprint density at radius 3 is 2.71 bits per heavy atom. The molecule has 0 spiro atoms. The highest BCUT2D eigenvalue weighted by atomic mass is 15.2. The van der Waals surface area contributed by atoms with Gasteiger partial charge in [-0.2, -0.15) is 0 Å². The van der Waals surface area contributed by atoms with Crippen molar-refractivity contribution in [3.63, 3.8) is 0 Å². The summed E-state index contributed by atoms with van der Waals surface area (Å²) in [4.78, 5) is 2.58. The highest BCUT2D eigenvalue weighted by Gasteiger charge is 2.30. The minimum Gasteiger partial charge on any atom is -0.366 e. The summed E-state index contributed by atoms with van der Waals surface area (Å²) < 4.78 is 0. The van der Waals surface area contributed by atoms with E-state index in [0.717, 1.165) is 0 Å². The fourth-order valence-corrected chi connectivity index (χ4v) is 3.01. The van der Waals surface area contributed by atoms with Crippen molar-refractivity contribution in [1.82, 2.24) is 0 Å². The van der Waals surface area contributed by atoms with Crippen molar-refractivity contribution in [1.29, 1.82) is 0 Å². The van der Waals surface area contributed by atoms with Gasteiger partial charge in [0.25, 0.3) is 0 Å². The van der Waals surface area contributed by atoms with E-state index in [-0.39, 0.29) is 6.04 Å². The lowest BCUT2D eigenvalue weighted by Gasteiger charge is -2.33. The molecule has 0 saturated carbocycles. The molecule has 2 nitrogen and oxygen atoms in total. The number of rotatable bonds is 3. The Kier molecular flexibility index (Phi) is 3.72. The minimum atomic E-state index is 0.108. The molecule has 1 aliphatic rings. The zero-order valence-electron chi connectivity index (χ0n) is 11.2. The highest BCUT2D eigenvalue weighted by molar-refractivity contribution is 5.57. The van der Waals surface area contributed by atoms with Gasteiger partial charge in [-0.1, -0.05) is 25.1 Å². The van der Waals surface area contributed by atoms with Crippen molar-refractivity contribution in [2.24, 2.45) is 5.73 Å². The predicted molar refractivity (Wildman–Crippen MR) is 74.3 cm³/mol. The van der Waals surface area contributed by atoms with E-state index in [1.807, 2.05) is 0 Å². The molecule has 1 fully saturated rings. The summed E-state index contributed by atoms with van der Waals surface area (Å²) in [7, 11) is 0. The van der Waals surface area contributed by atoms with Crippen molar-refractivity contribution in [3.8, 4) is 0 Å². The first-order valence-corrected chi connectivity index (χ1v) is 6.78. The van der Waals surface area contributed by atoms with Gasteiger partial charge < -0.3 is 10.6 Å². The second kappa shape index (κ2) is 5.09. The number of hydrogen-bond donors (Lipinski definition) is 1. The molecule has 0 amide bonds. The zero-order chi connectivity index (χ0) is 12.4. The molecule has 0 bridgehead atoms. The Morgan fingerprint density at radius 1 is 1.35 bits per heavy atom. The van der Waals surface area contributed by atoms with Gasteiger partial charge in [0.05, 0.1) is 0 Å². The van der Waals surface area contributed by atoms with Crippen molar-refractivity contribution in [2.45, 2.75) is 58.2 Å². The maximum absolute atomic E-state index is 6.09. The third-order valence-electron chi connectivity index (χ3n) is 3.96. The lowest BCUT2D eigenvalue weighted by atomic mass is 10.0. The Morgan fingerprint density at radius 2 is 2.06 bits per heavy atom. The molecule has 0 aromatic heterocycles. The van der Waals surface area contributed by atoms with E-state index in [0.29, 0.717) is 12.1 Å². The topological polar surface area (TPSA) is 29.3 Å². The third-order valence-corrected chi connectivity index (χ3v) is 3.96. The van der Waals surface area contributed by atoms with Gasteiger partial charge in [-0.15, -0.1) is 0 Å². The molecular formula is C15H24N2. The number of nitrogens with two attached hydrogens (primary N) is 1. The van der Waals surface area contributed by atoms with Gasteiger partial charge in [0.15, 0.2) is 0 Å². The second-order valence-corrected chi connectivity index (χ2v) is 5.24.